The van der Waals surface area contributed by atoms with Crippen LogP contribution in [0.3, 0.4) is 0 Å². The minimum atomic E-state index is -4.54. The Morgan fingerprint density at radius 2 is 1.89 bits per heavy atom. The van der Waals surface area contributed by atoms with Gasteiger partial charge >= 0.3 is 6.18 Å². The average Bonchev–Trinajstić information content (AvgIpc) is 3.14. The van der Waals surface area contributed by atoms with Crippen molar-refractivity contribution < 1.29 is 13.2 Å². The van der Waals surface area contributed by atoms with Crippen molar-refractivity contribution in [2.24, 2.45) is 0 Å². The van der Waals surface area contributed by atoms with Crippen molar-refractivity contribution in [1.29, 1.82) is 0 Å². The normalized spacial score (nSPS) is 11.7. The molecule has 4 rings (SSSR count). The predicted molar refractivity (Wildman–Crippen MR) is 93.7 cm³/mol. The quantitative estimate of drug-likeness (QED) is 0.567. The Labute approximate surface area is 151 Å². The van der Waals surface area contributed by atoms with Gasteiger partial charge in [0.15, 0.2) is 5.82 Å². The number of alkyl halides is 3. The lowest BCUT2D eigenvalue weighted by atomic mass is 10.1. The minimum Gasteiger partial charge on any atom is -0.364 e. The van der Waals surface area contributed by atoms with Crippen molar-refractivity contribution in [2.45, 2.75) is 12.7 Å². The molecule has 0 aliphatic heterocycles. The molecule has 0 saturated carbocycles. The van der Waals surface area contributed by atoms with E-state index < -0.39 is 11.9 Å². The highest BCUT2D eigenvalue weighted by atomic mass is 19.4. The molecule has 0 amide bonds. The van der Waals surface area contributed by atoms with E-state index in [4.69, 9.17) is 0 Å². The van der Waals surface area contributed by atoms with E-state index in [-0.39, 0.29) is 5.82 Å². The highest BCUT2D eigenvalue weighted by molar-refractivity contribution is 5.92. The number of hydrogen-bond acceptors (Lipinski definition) is 5. The van der Waals surface area contributed by atoms with E-state index in [1.165, 1.54) is 0 Å². The van der Waals surface area contributed by atoms with Crippen LogP contribution in [0, 0.1) is 0 Å². The monoisotopic (exact) mass is 370 g/mol. The summed E-state index contributed by atoms with van der Waals surface area (Å²) in [6.45, 7) is 0.420. The van der Waals surface area contributed by atoms with Gasteiger partial charge in [0.1, 0.15) is 17.2 Å². The molecule has 0 aliphatic carbocycles. The van der Waals surface area contributed by atoms with Gasteiger partial charge in [0.25, 0.3) is 0 Å². The molecule has 2 N–H and O–H groups in total. The second-order valence-electron chi connectivity index (χ2n) is 5.73. The highest BCUT2D eigenvalue weighted by Crippen LogP contribution is 2.31. The minimum absolute atomic E-state index is 0.0160. The zero-order chi connectivity index (χ0) is 18.9. The van der Waals surface area contributed by atoms with Crippen molar-refractivity contribution in [3.05, 3.63) is 66.4 Å². The van der Waals surface area contributed by atoms with E-state index in [0.717, 1.165) is 18.0 Å². The lowest BCUT2D eigenvalue weighted by Crippen LogP contribution is -2.09. The van der Waals surface area contributed by atoms with Crippen LogP contribution in [0.25, 0.3) is 22.4 Å². The molecule has 0 aromatic carbocycles. The Kier molecular flexibility index (Phi) is 4.19. The van der Waals surface area contributed by atoms with Gasteiger partial charge in [-0.2, -0.15) is 13.2 Å². The molecule has 0 atom stereocenters. The van der Waals surface area contributed by atoms with Crippen LogP contribution in [0.5, 0.6) is 0 Å². The zero-order valence-electron chi connectivity index (χ0n) is 13.8. The third-order valence-corrected chi connectivity index (χ3v) is 3.89. The standard InChI is InChI=1S/C18H13F3N6/c19-18(20,21)14-5-8-24-17(26-14)13-9-15(27-16-12(13)4-7-23-16)25-10-11-3-1-2-6-22-11/h1-9H,10H2,(H2,23,25,27). The number of hydrogen-bond donors (Lipinski definition) is 2. The van der Waals surface area contributed by atoms with E-state index in [1.807, 2.05) is 18.2 Å². The molecule has 0 unspecified atom stereocenters. The number of aromatic amines is 1. The molecule has 136 valence electrons. The van der Waals surface area contributed by atoms with Crippen LogP contribution in [0.4, 0.5) is 19.0 Å². The fraction of sp³-hybridized carbons (Fsp3) is 0.111. The summed E-state index contributed by atoms with van der Waals surface area (Å²) in [7, 11) is 0. The van der Waals surface area contributed by atoms with E-state index >= 15 is 0 Å². The summed E-state index contributed by atoms with van der Waals surface area (Å²) < 4.78 is 39.0. The summed E-state index contributed by atoms with van der Waals surface area (Å²) >= 11 is 0. The lowest BCUT2D eigenvalue weighted by Gasteiger charge is -2.10. The summed E-state index contributed by atoms with van der Waals surface area (Å²) in [5, 5.41) is 3.76. The zero-order valence-corrected chi connectivity index (χ0v) is 13.8. The fourth-order valence-electron chi connectivity index (χ4n) is 2.64. The highest BCUT2D eigenvalue weighted by Gasteiger charge is 2.33. The molecule has 4 aromatic heterocycles. The predicted octanol–water partition coefficient (Wildman–Crippen LogP) is 4.05. The van der Waals surface area contributed by atoms with Crippen molar-refractivity contribution in [1.82, 2.24) is 24.9 Å². The van der Waals surface area contributed by atoms with Crippen LogP contribution < -0.4 is 5.32 Å². The second-order valence-corrected chi connectivity index (χ2v) is 5.73. The molecule has 4 aromatic rings. The van der Waals surface area contributed by atoms with E-state index in [9.17, 15) is 13.2 Å². The number of aromatic nitrogens is 5. The van der Waals surface area contributed by atoms with Crippen molar-refractivity contribution in [2.75, 3.05) is 5.32 Å². The summed E-state index contributed by atoms with van der Waals surface area (Å²) in [4.78, 5) is 19.3. The van der Waals surface area contributed by atoms with Crippen LogP contribution in [-0.2, 0) is 12.7 Å². The number of H-pyrrole nitrogens is 1. The first-order valence-corrected chi connectivity index (χ1v) is 8.03. The average molecular weight is 370 g/mol. The Hall–Kier alpha value is -3.49. The smallest absolute Gasteiger partial charge is 0.364 e. The van der Waals surface area contributed by atoms with Crippen LogP contribution in [0.1, 0.15) is 11.4 Å². The van der Waals surface area contributed by atoms with Crippen molar-refractivity contribution in [3.63, 3.8) is 0 Å². The molecule has 0 aliphatic rings. The Bertz CT molecular complexity index is 1080. The van der Waals surface area contributed by atoms with Gasteiger partial charge in [0.2, 0.25) is 0 Å². The van der Waals surface area contributed by atoms with Crippen LogP contribution in [0.2, 0.25) is 0 Å². The summed E-state index contributed by atoms with van der Waals surface area (Å²) in [6.07, 6.45) is -0.0923. The van der Waals surface area contributed by atoms with Gasteiger partial charge in [-0.1, -0.05) is 6.07 Å². The first kappa shape index (κ1) is 17.0. The largest absolute Gasteiger partial charge is 0.433 e. The molecule has 0 radical (unpaired) electrons. The molecule has 0 fully saturated rings. The maximum absolute atomic E-state index is 13.0. The Morgan fingerprint density at radius 3 is 2.67 bits per heavy atom. The number of nitrogens with zero attached hydrogens (tertiary/aromatic N) is 4. The van der Waals surface area contributed by atoms with E-state index in [0.29, 0.717) is 29.0 Å². The molecular weight excluding hydrogens is 357 g/mol. The molecule has 0 saturated heterocycles. The van der Waals surface area contributed by atoms with Gasteiger partial charge in [0, 0.05) is 29.5 Å². The molecular formula is C18H13F3N6. The number of anilines is 1. The van der Waals surface area contributed by atoms with Crippen LogP contribution in [0.15, 0.2) is 55.0 Å². The molecule has 0 spiro atoms. The summed E-state index contributed by atoms with van der Waals surface area (Å²) in [6, 6.07) is 9.75. The number of halogens is 3. The number of fused-ring (bicyclic) bond motifs is 1. The summed E-state index contributed by atoms with van der Waals surface area (Å²) in [5.41, 5.74) is 0.798. The maximum atomic E-state index is 13.0. The lowest BCUT2D eigenvalue weighted by molar-refractivity contribution is -0.141. The van der Waals surface area contributed by atoms with Crippen LogP contribution >= 0.6 is 0 Å². The SMILES string of the molecule is FC(F)(F)c1ccnc(-c2cc(NCc3ccccn3)nc3[nH]ccc23)n1. The van der Waals surface area contributed by atoms with E-state index in [2.05, 4.69) is 30.2 Å². The third kappa shape index (κ3) is 3.57. The van der Waals surface area contributed by atoms with Crippen molar-refractivity contribution in [3.8, 4) is 11.4 Å². The third-order valence-electron chi connectivity index (χ3n) is 3.89. The number of nitrogens with one attached hydrogen (secondary N) is 2. The van der Waals surface area contributed by atoms with Gasteiger partial charge in [-0.3, -0.25) is 4.98 Å². The molecule has 0 bridgehead atoms. The Morgan fingerprint density at radius 1 is 1.00 bits per heavy atom. The van der Waals surface area contributed by atoms with Gasteiger partial charge in [-0.25, -0.2) is 15.0 Å². The second kappa shape index (κ2) is 6.67. The first-order valence-electron chi connectivity index (χ1n) is 8.03. The van der Waals surface area contributed by atoms with Gasteiger partial charge in [-0.05, 0) is 30.3 Å². The number of rotatable bonds is 4. The topological polar surface area (TPSA) is 79.4 Å². The molecule has 27 heavy (non-hydrogen) atoms. The maximum Gasteiger partial charge on any atom is 0.433 e. The fourth-order valence-corrected chi connectivity index (χ4v) is 2.64. The first-order chi connectivity index (χ1) is 13.0. The van der Waals surface area contributed by atoms with Gasteiger partial charge < -0.3 is 10.3 Å². The summed E-state index contributed by atoms with van der Waals surface area (Å²) in [5.74, 6) is 0.462. The molecule has 6 nitrogen and oxygen atoms in total. The molecule has 9 heteroatoms. The Balaban J connectivity index is 1.73. The number of pyridine rings is 2. The van der Waals surface area contributed by atoms with Crippen molar-refractivity contribution >= 4 is 16.9 Å². The van der Waals surface area contributed by atoms with Crippen LogP contribution in [-0.4, -0.2) is 24.9 Å². The van der Waals surface area contributed by atoms with E-state index in [1.54, 1.807) is 24.5 Å². The van der Waals surface area contributed by atoms with Gasteiger partial charge in [-0.15, -0.1) is 0 Å². The van der Waals surface area contributed by atoms with Gasteiger partial charge in [0.05, 0.1) is 12.2 Å². The molecule has 4 heterocycles.